The van der Waals surface area contributed by atoms with Gasteiger partial charge in [0, 0.05) is 24.9 Å². The van der Waals surface area contributed by atoms with Gasteiger partial charge in [0.1, 0.15) is 0 Å². The highest BCUT2D eigenvalue weighted by Gasteiger charge is 2.46. The van der Waals surface area contributed by atoms with Crippen molar-refractivity contribution in [2.45, 2.75) is 68.8 Å². The Morgan fingerprint density at radius 2 is 1.74 bits per heavy atom. The Morgan fingerprint density at radius 1 is 1.09 bits per heavy atom. The number of halogens is 3. The number of carbonyl (C=O) groups is 1. The summed E-state index contributed by atoms with van der Waals surface area (Å²) in [6.45, 7) is 8.78. The fourth-order valence-corrected chi connectivity index (χ4v) is 8.13. The van der Waals surface area contributed by atoms with Crippen molar-refractivity contribution in [2.24, 2.45) is 16.3 Å². The number of benzene rings is 1. The first kappa shape index (κ1) is 25.5. The van der Waals surface area contributed by atoms with E-state index in [9.17, 15) is 26.4 Å². The summed E-state index contributed by atoms with van der Waals surface area (Å²) in [6, 6.07) is 3.58. The zero-order valence-corrected chi connectivity index (χ0v) is 21.4. The third-order valence-corrected chi connectivity index (χ3v) is 10.3. The average molecular weight is 518 g/mol. The third-order valence-electron chi connectivity index (χ3n) is 7.02. The lowest BCUT2D eigenvalue weighted by Gasteiger charge is -2.49. The maximum absolute atomic E-state index is 13.2. The molecule has 6 nitrogen and oxygen atoms in total. The van der Waals surface area contributed by atoms with Crippen LogP contribution >= 0.6 is 11.8 Å². The molecule has 2 unspecified atom stereocenters. The summed E-state index contributed by atoms with van der Waals surface area (Å²) in [4.78, 5) is 19.1. The number of alkyl halides is 3. The normalized spacial score (nSPS) is 27.8. The topological polar surface area (TPSA) is 70.1 Å². The first-order chi connectivity index (χ1) is 15.6. The van der Waals surface area contributed by atoms with Gasteiger partial charge in [-0.2, -0.15) is 22.5 Å². The Labute approximate surface area is 203 Å². The van der Waals surface area contributed by atoms with Gasteiger partial charge in [0.15, 0.2) is 5.17 Å². The van der Waals surface area contributed by atoms with Crippen LogP contribution in [0.4, 0.5) is 13.2 Å². The van der Waals surface area contributed by atoms with Gasteiger partial charge >= 0.3 is 6.18 Å². The van der Waals surface area contributed by atoms with E-state index in [0.29, 0.717) is 11.7 Å². The van der Waals surface area contributed by atoms with Gasteiger partial charge in [-0.3, -0.25) is 4.79 Å². The molecule has 2 fully saturated rings. The number of nitrogens with zero attached hydrogens (tertiary/aromatic N) is 3. The van der Waals surface area contributed by atoms with E-state index in [0.717, 1.165) is 43.5 Å². The fraction of sp³-hybridized carbons (Fsp3) is 0.652. The lowest BCUT2D eigenvalue weighted by molar-refractivity contribution is -0.137. The quantitative estimate of drug-likeness (QED) is 0.573. The Bertz CT molecular complexity index is 1100. The van der Waals surface area contributed by atoms with Crippen LogP contribution in [-0.4, -0.2) is 59.1 Å². The Balaban J connectivity index is 1.51. The standard InChI is InChI=1S/C23H30F3N3O3S2/c1-21(2)10-9-18-17(13-21)19(30)27-20(33-18)29-12-11-28(14-22(29,3)4)34(31,32)16-7-5-15(6-8-16)23(24,25)26/h5-8,17-18H,9-14H2,1-4H3. The van der Waals surface area contributed by atoms with E-state index in [1.807, 2.05) is 18.7 Å². The molecule has 0 aromatic heterocycles. The molecule has 1 aromatic carbocycles. The van der Waals surface area contributed by atoms with Crippen LogP contribution in [0, 0.1) is 11.3 Å². The van der Waals surface area contributed by atoms with Crippen LogP contribution < -0.4 is 0 Å². The summed E-state index contributed by atoms with van der Waals surface area (Å²) in [5.41, 5.74) is -1.41. The summed E-state index contributed by atoms with van der Waals surface area (Å²) in [6.07, 6.45) is -1.72. The van der Waals surface area contributed by atoms with E-state index in [-0.39, 0.29) is 40.5 Å². The van der Waals surface area contributed by atoms with Crippen LogP contribution in [-0.2, 0) is 21.0 Å². The molecule has 1 saturated carbocycles. The molecule has 188 valence electrons. The van der Waals surface area contributed by atoms with Crippen LogP contribution in [0.15, 0.2) is 34.2 Å². The molecule has 0 spiro atoms. The number of amidine groups is 1. The number of rotatable bonds is 2. The van der Waals surface area contributed by atoms with E-state index in [1.165, 1.54) is 4.31 Å². The van der Waals surface area contributed by atoms with E-state index in [1.54, 1.807) is 11.8 Å². The number of fused-ring (bicyclic) bond motifs is 1. The maximum Gasteiger partial charge on any atom is 0.416 e. The van der Waals surface area contributed by atoms with Crippen molar-refractivity contribution in [1.82, 2.24) is 9.21 Å². The smallest absolute Gasteiger partial charge is 0.343 e. The molecular weight excluding hydrogens is 487 g/mol. The minimum absolute atomic E-state index is 0.0815. The van der Waals surface area contributed by atoms with Crippen LogP contribution in [0.2, 0.25) is 0 Å². The van der Waals surface area contributed by atoms with Crippen molar-refractivity contribution in [3.8, 4) is 0 Å². The molecule has 0 bridgehead atoms. The molecule has 1 aromatic rings. The van der Waals surface area contributed by atoms with E-state index in [2.05, 4.69) is 18.8 Å². The largest absolute Gasteiger partial charge is 0.416 e. The molecule has 11 heteroatoms. The molecule has 0 N–H and O–H groups in total. The van der Waals surface area contributed by atoms with E-state index < -0.39 is 27.3 Å². The van der Waals surface area contributed by atoms with Gasteiger partial charge in [-0.05, 0) is 62.8 Å². The lowest BCUT2D eigenvalue weighted by atomic mass is 9.71. The highest BCUT2D eigenvalue weighted by Crippen LogP contribution is 2.47. The van der Waals surface area contributed by atoms with E-state index in [4.69, 9.17) is 0 Å². The van der Waals surface area contributed by atoms with Crippen molar-refractivity contribution in [2.75, 3.05) is 19.6 Å². The number of sulfonamides is 1. The summed E-state index contributed by atoms with van der Waals surface area (Å²) in [5, 5.41) is 0.820. The minimum Gasteiger partial charge on any atom is -0.343 e. The molecule has 1 saturated heterocycles. The van der Waals surface area contributed by atoms with E-state index >= 15 is 0 Å². The Morgan fingerprint density at radius 3 is 2.32 bits per heavy atom. The number of aliphatic imine (C=N–C) groups is 1. The van der Waals surface area contributed by atoms with Crippen molar-refractivity contribution >= 4 is 32.9 Å². The Hall–Kier alpha value is -1.59. The molecule has 2 aliphatic heterocycles. The van der Waals surface area contributed by atoms with Crippen LogP contribution in [0.1, 0.15) is 52.5 Å². The number of hydrogen-bond acceptors (Lipinski definition) is 5. The predicted octanol–water partition coefficient (Wildman–Crippen LogP) is 4.61. The summed E-state index contributed by atoms with van der Waals surface area (Å²) in [5.74, 6) is -0.177. The van der Waals surface area contributed by atoms with Gasteiger partial charge in [0.2, 0.25) is 10.0 Å². The van der Waals surface area contributed by atoms with Crippen LogP contribution in [0.25, 0.3) is 0 Å². The molecule has 3 aliphatic rings. The van der Waals surface area contributed by atoms with Gasteiger partial charge in [0.25, 0.3) is 5.91 Å². The highest BCUT2D eigenvalue weighted by molar-refractivity contribution is 8.14. The summed E-state index contributed by atoms with van der Waals surface area (Å²) < 4.78 is 66.2. The molecule has 2 atom stereocenters. The first-order valence-corrected chi connectivity index (χ1v) is 13.7. The molecule has 1 amide bonds. The first-order valence-electron chi connectivity index (χ1n) is 11.3. The second-order valence-electron chi connectivity index (χ2n) is 10.7. The van der Waals surface area contributed by atoms with Crippen molar-refractivity contribution in [3.63, 3.8) is 0 Å². The van der Waals surface area contributed by atoms with Gasteiger partial charge < -0.3 is 4.90 Å². The molecule has 34 heavy (non-hydrogen) atoms. The Kier molecular flexibility index (Phi) is 6.39. The number of carbonyl (C=O) groups excluding carboxylic acids is 1. The van der Waals surface area contributed by atoms with Gasteiger partial charge in [-0.15, -0.1) is 0 Å². The number of amides is 1. The monoisotopic (exact) mass is 517 g/mol. The second-order valence-corrected chi connectivity index (χ2v) is 13.9. The average Bonchev–Trinajstić information content (AvgIpc) is 2.72. The number of piperazine rings is 1. The third kappa shape index (κ3) is 4.88. The molecule has 4 rings (SSSR count). The van der Waals surface area contributed by atoms with Gasteiger partial charge in [-0.25, -0.2) is 8.42 Å². The van der Waals surface area contributed by atoms with Crippen LogP contribution in [0.5, 0.6) is 0 Å². The lowest BCUT2D eigenvalue weighted by Crippen LogP contribution is -2.62. The SMILES string of the molecule is CC1(C)CCC2SC(N3CCN(S(=O)(=O)c4ccc(C(F)(F)F)cc4)CC3(C)C)=NC(=O)C2C1. The minimum atomic E-state index is -4.53. The zero-order valence-electron chi connectivity index (χ0n) is 19.7. The van der Waals surface area contributed by atoms with Crippen molar-refractivity contribution in [3.05, 3.63) is 29.8 Å². The maximum atomic E-state index is 13.2. The molecule has 1 aliphatic carbocycles. The van der Waals surface area contributed by atoms with Gasteiger partial charge in [0.05, 0.1) is 21.9 Å². The molecular formula is C23H30F3N3O3S2. The van der Waals surface area contributed by atoms with Crippen molar-refractivity contribution < 1.29 is 26.4 Å². The van der Waals surface area contributed by atoms with Crippen LogP contribution in [0.3, 0.4) is 0 Å². The number of hydrogen-bond donors (Lipinski definition) is 0. The molecule has 2 heterocycles. The molecule has 0 radical (unpaired) electrons. The highest BCUT2D eigenvalue weighted by atomic mass is 32.2. The predicted molar refractivity (Wildman–Crippen MR) is 126 cm³/mol. The second kappa shape index (κ2) is 8.51. The van der Waals surface area contributed by atoms with Crippen molar-refractivity contribution in [1.29, 1.82) is 0 Å². The summed E-state index contributed by atoms with van der Waals surface area (Å²) in [7, 11) is -3.97. The number of thioether (sulfide) groups is 1. The fourth-order valence-electron chi connectivity index (χ4n) is 5.05. The summed E-state index contributed by atoms with van der Waals surface area (Å²) >= 11 is 1.62. The van der Waals surface area contributed by atoms with Gasteiger partial charge in [-0.1, -0.05) is 25.6 Å². The zero-order chi connectivity index (χ0) is 25.1.